The van der Waals surface area contributed by atoms with Crippen molar-refractivity contribution in [2.45, 2.75) is 0 Å². The molecule has 13 nitrogen and oxygen atoms in total. The third kappa shape index (κ3) is 13.1. The van der Waals surface area contributed by atoms with Gasteiger partial charge in [0.05, 0.1) is 33.1 Å². The zero-order valence-electron chi connectivity index (χ0n) is 67.2. The fourth-order valence-corrected chi connectivity index (χ4v) is 20.8. The van der Waals surface area contributed by atoms with Gasteiger partial charge in [-0.15, -0.1) is 34.0 Å². The number of pyridine rings is 1. The van der Waals surface area contributed by atoms with Crippen LogP contribution in [0.3, 0.4) is 0 Å². The second-order valence-corrected chi connectivity index (χ2v) is 34.2. The molecule has 0 aliphatic rings. The standard InChI is InChI=1S/C39H24N4S.C38H23N5S.C33H20N4S/c1-3-11-25(12-4-1)37-40-38(26-13-5-2-6-14-26)42-39(41-37)27-19-21-28(22-20-27)43-33-17-9-7-15-29(33)31-23-32-30-16-8-10-18-35(30)44-36(32)24-34(31)43;1-3-11-24(12-4-1)36-40-37(25-13-5-2-6-14-25)42-38(41-36)26-19-20-35(39-23-26)43-31-17-9-7-15-27(31)29-21-30-28-16-8-10-18-33(28)44-34(30)22-32(29)43;1-3-11-21(12-4-1)31-34-32(22-13-5-2-6-14-22)36-33(35-31)37-27-17-9-7-15-23(27)25-19-26-24-16-8-10-18-29(24)38-30(26)20-28(25)37/h1-24H;1-23H;1-20H. The SMILES string of the molecule is c1ccc(-c2nc(-c3ccccc3)nc(-c3ccc(-n4c5ccccc5c5cc6c(cc54)sc4ccccc46)cc3)n2)cc1.c1ccc(-c2nc(-c3ccccc3)nc(-c3ccc(-n4c5ccccc5c5cc6c(cc54)sc4ccccc46)nc3)n2)cc1.c1ccc(-c2nc(-c3ccccc3)nc(-n3c4ccccc4c4cc5c(cc43)sc3ccccc35)n2)cc1. The van der Waals surface area contributed by atoms with Crippen molar-refractivity contribution in [2.75, 3.05) is 0 Å². The normalized spacial score (nSPS) is 11.7. The Hall–Kier alpha value is -16.2. The third-order valence-corrected chi connectivity index (χ3v) is 26.8. The van der Waals surface area contributed by atoms with E-state index in [4.69, 9.17) is 49.8 Å². The summed E-state index contributed by atoms with van der Waals surface area (Å²) in [4.78, 5) is 49.2. The Morgan fingerprint density at radius 2 is 0.429 bits per heavy atom. The molecule has 0 aliphatic heterocycles. The van der Waals surface area contributed by atoms with Crippen LogP contribution in [0.1, 0.15) is 0 Å². The lowest BCUT2D eigenvalue weighted by Crippen LogP contribution is -2.06. The minimum absolute atomic E-state index is 0.589. The monoisotopic (exact) mass is 1670 g/mol. The van der Waals surface area contributed by atoms with Gasteiger partial charge >= 0.3 is 0 Å². The Bertz CT molecular complexity index is 8170. The molecule has 0 fully saturated rings. The van der Waals surface area contributed by atoms with Gasteiger partial charge in [0.15, 0.2) is 46.6 Å². The summed E-state index contributed by atoms with van der Waals surface area (Å²) in [6.45, 7) is 0. The lowest BCUT2D eigenvalue weighted by Gasteiger charge is -2.11. The number of nitrogens with zero attached hydrogens (tertiary/aromatic N) is 13. The van der Waals surface area contributed by atoms with Gasteiger partial charge in [-0.25, -0.2) is 39.9 Å². The van der Waals surface area contributed by atoms with E-state index in [1.54, 1.807) is 0 Å². The minimum atomic E-state index is 0.589. The lowest BCUT2D eigenvalue weighted by atomic mass is 10.1. The van der Waals surface area contributed by atoms with Crippen molar-refractivity contribution in [3.05, 3.63) is 407 Å². The summed E-state index contributed by atoms with van der Waals surface area (Å²) in [6, 6.07) is 139. The molecule has 10 heterocycles. The van der Waals surface area contributed by atoms with Gasteiger partial charge in [0.1, 0.15) is 5.82 Å². The van der Waals surface area contributed by atoms with E-state index < -0.39 is 0 Å². The highest BCUT2D eigenvalue weighted by Crippen LogP contribution is 2.46. The van der Waals surface area contributed by atoms with Crippen LogP contribution in [0.4, 0.5) is 0 Å². The van der Waals surface area contributed by atoms with Crippen molar-refractivity contribution in [1.82, 2.24) is 63.5 Å². The van der Waals surface area contributed by atoms with Crippen molar-refractivity contribution >= 4 is 160 Å². The van der Waals surface area contributed by atoms with Crippen LogP contribution < -0.4 is 0 Å². The maximum atomic E-state index is 5.04. The predicted octanol–water partition coefficient (Wildman–Crippen LogP) is 28.7. The predicted molar refractivity (Wildman–Crippen MR) is 522 cm³/mol. The summed E-state index contributed by atoms with van der Waals surface area (Å²) in [5.41, 5.74) is 15.4. The zero-order valence-corrected chi connectivity index (χ0v) is 69.7. The molecule has 10 aromatic heterocycles. The Labute approximate surface area is 733 Å². The quantitative estimate of drug-likeness (QED) is 0.123. The van der Waals surface area contributed by atoms with E-state index in [0.29, 0.717) is 52.5 Å². The largest absolute Gasteiger partial charge is 0.309 e. The first kappa shape index (κ1) is 73.7. The van der Waals surface area contributed by atoms with Crippen molar-refractivity contribution in [2.24, 2.45) is 0 Å². The van der Waals surface area contributed by atoms with E-state index in [2.05, 4.69) is 232 Å². The molecule has 0 atom stereocenters. The Morgan fingerprint density at radius 3 is 0.770 bits per heavy atom. The van der Waals surface area contributed by atoms with Gasteiger partial charge in [-0.05, 0) is 109 Å². The number of aromatic nitrogens is 13. The molecule has 0 aliphatic carbocycles. The number of benzene rings is 16. The third-order valence-electron chi connectivity index (χ3n) is 23.4. The maximum absolute atomic E-state index is 5.04. The Morgan fingerprint density at radius 1 is 0.167 bits per heavy atom. The van der Waals surface area contributed by atoms with E-state index in [9.17, 15) is 0 Å². The molecular weight excluding hydrogens is 1600 g/mol. The van der Waals surface area contributed by atoms with Gasteiger partial charge in [-0.2, -0.15) is 9.97 Å². The summed E-state index contributed by atoms with van der Waals surface area (Å²) in [6.07, 6.45) is 1.87. The van der Waals surface area contributed by atoms with Crippen LogP contribution in [0.15, 0.2) is 407 Å². The van der Waals surface area contributed by atoms with Gasteiger partial charge in [-0.3, -0.25) is 9.13 Å². The van der Waals surface area contributed by atoms with Crippen molar-refractivity contribution in [3.63, 3.8) is 0 Å². The van der Waals surface area contributed by atoms with Crippen LogP contribution in [-0.2, 0) is 0 Å². The molecule has 0 saturated carbocycles. The molecule has 0 amide bonds. The molecule has 0 spiro atoms. The lowest BCUT2D eigenvalue weighted by molar-refractivity contribution is 0.954. The number of hydrogen-bond donors (Lipinski definition) is 0. The highest BCUT2D eigenvalue weighted by molar-refractivity contribution is 7.26. The number of thiophene rings is 3. The number of rotatable bonds is 11. The van der Waals surface area contributed by atoms with Crippen molar-refractivity contribution in [3.8, 4) is 109 Å². The molecule has 0 bridgehead atoms. The van der Waals surface area contributed by atoms with E-state index in [1.807, 2.05) is 222 Å². The fraction of sp³-hybridized carbons (Fsp3) is 0. The number of fused-ring (bicyclic) bond motifs is 18. The molecule has 26 rings (SSSR count). The minimum Gasteiger partial charge on any atom is -0.309 e. The van der Waals surface area contributed by atoms with Gasteiger partial charge in [0.25, 0.3) is 0 Å². The molecule has 16 aromatic carbocycles. The van der Waals surface area contributed by atoms with Gasteiger partial charge < -0.3 is 4.57 Å². The summed E-state index contributed by atoms with van der Waals surface area (Å²) >= 11 is 5.51. The summed E-state index contributed by atoms with van der Waals surface area (Å²) in [5.74, 6) is 6.60. The molecule has 590 valence electrons. The smallest absolute Gasteiger partial charge is 0.238 e. The molecule has 0 unspecified atom stereocenters. The van der Waals surface area contributed by atoms with Crippen LogP contribution in [-0.4, -0.2) is 63.5 Å². The second kappa shape index (κ2) is 31.0. The zero-order chi connectivity index (χ0) is 83.1. The highest BCUT2D eigenvalue weighted by Gasteiger charge is 2.24. The molecule has 0 N–H and O–H groups in total. The van der Waals surface area contributed by atoms with Crippen molar-refractivity contribution < 1.29 is 0 Å². The fourth-order valence-electron chi connectivity index (χ4n) is 17.5. The highest BCUT2D eigenvalue weighted by atomic mass is 32.1. The van der Waals surface area contributed by atoms with Gasteiger partial charge in [-0.1, -0.05) is 291 Å². The van der Waals surface area contributed by atoms with Crippen LogP contribution in [0.2, 0.25) is 0 Å². The topological polar surface area (TPSA) is 144 Å². The molecular formula is C110H67N13S3. The maximum Gasteiger partial charge on any atom is 0.238 e. The first-order valence-corrected chi connectivity index (χ1v) is 44.1. The number of para-hydroxylation sites is 3. The molecule has 0 saturated heterocycles. The Balaban J connectivity index is 0.000000106. The summed E-state index contributed by atoms with van der Waals surface area (Å²) in [5, 5.41) is 15.1. The van der Waals surface area contributed by atoms with Crippen LogP contribution in [0.5, 0.6) is 0 Å². The van der Waals surface area contributed by atoms with Crippen LogP contribution >= 0.6 is 34.0 Å². The van der Waals surface area contributed by atoms with Gasteiger partial charge in [0, 0.05) is 149 Å². The van der Waals surface area contributed by atoms with E-state index in [1.165, 1.54) is 104 Å². The average Bonchev–Trinajstić information content (AvgIpc) is 1.58. The molecule has 16 heteroatoms. The first-order valence-electron chi connectivity index (χ1n) is 41.7. The molecule has 26 aromatic rings. The second-order valence-electron chi connectivity index (χ2n) is 31.0. The average molecular weight is 1670 g/mol. The van der Waals surface area contributed by atoms with Crippen LogP contribution in [0.25, 0.3) is 234 Å². The first-order chi connectivity index (χ1) is 62.4. The van der Waals surface area contributed by atoms with Gasteiger partial charge in [0.2, 0.25) is 5.95 Å². The Kier molecular flexibility index (Phi) is 18.1. The molecule has 0 radical (unpaired) electrons. The van der Waals surface area contributed by atoms with Crippen molar-refractivity contribution in [1.29, 1.82) is 0 Å². The van der Waals surface area contributed by atoms with E-state index in [0.717, 1.165) is 78.1 Å². The van der Waals surface area contributed by atoms with E-state index >= 15 is 0 Å². The van der Waals surface area contributed by atoms with E-state index in [-0.39, 0.29) is 0 Å². The summed E-state index contributed by atoms with van der Waals surface area (Å²) in [7, 11) is 0. The molecule has 126 heavy (non-hydrogen) atoms. The van der Waals surface area contributed by atoms with Crippen LogP contribution in [0, 0.1) is 0 Å². The number of hydrogen-bond acceptors (Lipinski definition) is 13. The summed E-state index contributed by atoms with van der Waals surface area (Å²) < 4.78 is 14.6.